The number of benzene rings is 2. The third-order valence-corrected chi connectivity index (χ3v) is 5.76. The number of hydrogen-bond donors (Lipinski definition) is 2. The van der Waals surface area contributed by atoms with Crippen LogP contribution in [0.1, 0.15) is 47.2 Å². The van der Waals surface area contributed by atoms with E-state index in [1.54, 1.807) is 30.5 Å². The Morgan fingerprint density at radius 1 is 1.17 bits per heavy atom. The van der Waals surface area contributed by atoms with Gasteiger partial charge in [-0.15, -0.1) is 0 Å². The molecule has 0 spiro atoms. The zero-order valence-corrected chi connectivity index (χ0v) is 16.6. The third kappa shape index (κ3) is 4.26. The van der Waals surface area contributed by atoms with Gasteiger partial charge in [0.05, 0.1) is 17.7 Å². The molecule has 2 N–H and O–H groups in total. The fourth-order valence-electron chi connectivity index (χ4n) is 3.98. The molecule has 1 aromatic heterocycles. The van der Waals surface area contributed by atoms with Crippen molar-refractivity contribution in [1.29, 1.82) is 0 Å². The predicted octanol–water partition coefficient (Wildman–Crippen LogP) is 4.65. The fraction of sp³-hybridized carbons (Fsp3) is 0.304. The molecule has 6 heteroatoms. The van der Waals surface area contributed by atoms with Gasteiger partial charge in [0.25, 0.3) is 5.91 Å². The molecule has 150 valence electrons. The highest BCUT2D eigenvalue weighted by Crippen LogP contribution is 2.28. The van der Waals surface area contributed by atoms with Crippen LogP contribution >= 0.6 is 11.6 Å². The molecule has 1 aliphatic carbocycles. The van der Waals surface area contributed by atoms with Crippen LogP contribution in [0.5, 0.6) is 0 Å². The predicted molar refractivity (Wildman–Crippen MR) is 112 cm³/mol. The van der Waals surface area contributed by atoms with Gasteiger partial charge in [0.15, 0.2) is 0 Å². The zero-order chi connectivity index (χ0) is 20.4. The number of nitrogens with zero attached hydrogens (tertiary/aromatic N) is 1. The van der Waals surface area contributed by atoms with E-state index < -0.39 is 17.8 Å². The molecule has 0 saturated heterocycles. The number of halogens is 2. The molecule has 1 heterocycles. The second kappa shape index (κ2) is 8.47. The highest BCUT2D eigenvalue weighted by Gasteiger charge is 2.26. The van der Waals surface area contributed by atoms with Gasteiger partial charge in [-0.3, -0.25) is 4.79 Å². The van der Waals surface area contributed by atoms with Crippen LogP contribution in [-0.4, -0.2) is 28.1 Å². The monoisotopic (exact) mass is 412 g/mol. The summed E-state index contributed by atoms with van der Waals surface area (Å²) in [5.41, 5.74) is 1.75. The van der Waals surface area contributed by atoms with Crippen molar-refractivity contribution in [3.05, 3.63) is 76.3 Å². The minimum absolute atomic E-state index is 0.00149. The number of rotatable bonds is 4. The molecular formula is C23H22ClFN2O2. The average Bonchev–Trinajstić information content (AvgIpc) is 2.73. The molecule has 0 bridgehead atoms. The highest BCUT2D eigenvalue weighted by molar-refractivity contribution is 6.29. The number of aliphatic hydroxyl groups excluding tert-OH is 1. The summed E-state index contributed by atoms with van der Waals surface area (Å²) in [5.74, 6) is -1.03. The molecule has 4 rings (SSSR count). The van der Waals surface area contributed by atoms with E-state index in [2.05, 4.69) is 10.3 Å². The molecule has 1 fully saturated rings. The fourth-order valence-corrected chi connectivity index (χ4v) is 4.09. The number of aliphatic hydroxyl groups is 1. The summed E-state index contributed by atoms with van der Waals surface area (Å²) in [6, 6.07) is 12.0. The van der Waals surface area contributed by atoms with Gasteiger partial charge in [-0.25, -0.2) is 9.37 Å². The first-order valence-electron chi connectivity index (χ1n) is 9.82. The van der Waals surface area contributed by atoms with E-state index in [9.17, 15) is 9.90 Å². The molecular weight excluding hydrogens is 391 g/mol. The Morgan fingerprint density at radius 2 is 1.93 bits per heavy atom. The van der Waals surface area contributed by atoms with Gasteiger partial charge in [0, 0.05) is 11.6 Å². The van der Waals surface area contributed by atoms with Gasteiger partial charge in [0.1, 0.15) is 11.0 Å². The van der Waals surface area contributed by atoms with E-state index in [-0.39, 0.29) is 11.6 Å². The maximum Gasteiger partial charge on any atom is 0.254 e. The van der Waals surface area contributed by atoms with E-state index in [0.29, 0.717) is 29.8 Å². The van der Waals surface area contributed by atoms with E-state index in [0.717, 1.165) is 29.4 Å². The van der Waals surface area contributed by atoms with Crippen molar-refractivity contribution in [2.45, 2.75) is 44.2 Å². The quantitative estimate of drug-likeness (QED) is 0.613. The van der Waals surface area contributed by atoms with Crippen LogP contribution in [0.25, 0.3) is 10.8 Å². The van der Waals surface area contributed by atoms with Crippen LogP contribution in [0.15, 0.2) is 48.7 Å². The number of amides is 1. The van der Waals surface area contributed by atoms with Gasteiger partial charge in [-0.2, -0.15) is 0 Å². The van der Waals surface area contributed by atoms with Crippen molar-refractivity contribution in [3.63, 3.8) is 0 Å². The number of pyridine rings is 1. The summed E-state index contributed by atoms with van der Waals surface area (Å²) < 4.78 is 15.2. The summed E-state index contributed by atoms with van der Waals surface area (Å²) in [7, 11) is 0. The van der Waals surface area contributed by atoms with E-state index >= 15 is 4.39 Å². The summed E-state index contributed by atoms with van der Waals surface area (Å²) in [6.45, 7) is 0. The number of hydrogen-bond acceptors (Lipinski definition) is 3. The topological polar surface area (TPSA) is 62.2 Å². The van der Waals surface area contributed by atoms with Gasteiger partial charge in [-0.1, -0.05) is 54.8 Å². The second-order valence-corrected chi connectivity index (χ2v) is 7.93. The molecule has 2 unspecified atom stereocenters. The van der Waals surface area contributed by atoms with Gasteiger partial charge < -0.3 is 10.4 Å². The van der Waals surface area contributed by atoms with Crippen molar-refractivity contribution in [2.75, 3.05) is 0 Å². The molecule has 1 saturated carbocycles. The average molecular weight is 413 g/mol. The minimum atomic E-state index is -0.587. The van der Waals surface area contributed by atoms with Crippen LogP contribution in [0, 0.1) is 5.82 Å². The Kier molecular flexibility index (Phi) is 5.79. The zero-order valence-electron chi connectivity index (χ0n) is 15.9. The normalized spacial score (nSPS) is 19.3. The molecule has 29 heavy (non-hydrogen) atoms. The Hall–Kier alpha value is -2.50. The molecule has 0 radical (unpaired) electrons. The van der Waals surface area contributed by atoms with Crippen LogP contribution in [0.2, 0.25) is 5.15 Å². The lowest BCUT2D eigenvalue weighted by molar-refractivity contribution is 0.0714. The van der Waals surface area contributed by atoms with Crippen molar-refractivity contribution in [1.82, 2.24) is 10.3 Å². The summed E-state index contributed by atoms with van der Waals surface area (Å²) in [5, 5.41) is 14.6. The molecule has 0 aliphatic heterocycles. The van der Waals surface area contributed by atoms with Crippen LogP contribution in [0.4, 0.5) is 4.39 Å². The Labute approximate surface area is 173 Å². The maximum absolute atomic E-state index is 15.2. The largest absolute Gasteiger partial charge is 0.391 e. The number of carbonyl (C=O) groups is 1. The van der Waals surface area contributed by atoms with Gasteiger partial charge in [-0.05, 0) is 47.9 Å². The molecule has 4 nitrogen and oxygen atoms in total. The number of fused-ring (bicyclic) bond motifs is 1. The maximum atomic E-state index is 15.2. The Balaban J connectivity index is 1.71. The van der Waals surface area contributed by atoms with E-state index in [1.165, 1.54) is 0 Å². The number of aromatic nitrogens is 1. The van der Waals surface area contributed by atoms with Crippen molar-refractivity contribution in [2.24, 2.45) is 0 Å². The van der Waals surface area contributed by atoms with Crippen molar-refractivity contribution < 1.29 is 14.3 Å². The lowest BCUT2D eigenvalue weighted by Crippen LogP contribution is -2.45. The van der Waals surface area contributed by atoms with Crippen LogP contribution in [-0.2, 0) is 6.42 Å². The standard InChI is InChI=1S/C23H22ClFN2O2/c24-21-10-9-14(13-26-21)11-15-12-18(22(25)17-6-2-1-5-16(15)17)23(29)27-19-7-3-4-8-20(19)28/h1-2,5-6,9-10,12-13,19-20,28H,3-4,7-8,11H2,(H,27,29). The third-order valence-electron chi connectivity index (χ3n) is 5.54. The van der Waals surface area contributed by atoms with Crippen molar-refractivity contribution >= 4 is 28.3 Å². The molecule has 2 aromatic carbocycles. The minimum Gasteiger partial charge on any atom is -0.391 e. The lowest BCUT2D eigenvalue weighted by atomic mass is 9.91. The summed E-state index contributed by atoms with van der Waals surface area (Å²) in [4.78, 5) is 17.0. The molecule has 2 atom stereocenters. The van der Waals surface area contributed by atoms with Gasteiger partial charge >= 0.3 is 0 Å². The lowest BCUT2D eigenvalue weighted by Gasteiger charge is -2.28. The molecule has 3 aromatic rings. The SMILES string of the molecule is O=C(NC1CCCCC1O)c1cc(Cc2ccc(Cl)nc2)c2ccccc2c1F. The summed E-state index contributed by atoms with van der Waals surface area (Å²) in [6.07, 6.45) is 4.82. The first-order valence-corrected chi connectivity index (χ1v) is 10.2. The van der Waals surface area contributed by atoms with Crippen LogP contribution < -0.4 is 5.32 Å². The van der Waals surface area contributed by atoms with Gasteiger partial charge in [0.2, 0.25) is 0 Å². The van der Waals surface area contributed by atoms with Crippen molar-refractivity contribution in [3.8, 4) is 0 Å². The summed E-state index contributed by atoms with van der Waals surface area (Å²) >= 11 is 5.87. The Bertz CT molecular complexity index is 1040. The van der Waals surface area contributed by atoms with E-state index in [1.807, 2.05) is 18.2 Å². The van der Waals surface area contributed by atoms with E-state index in [4.69, 9.17) is 11.6 Å². The van der Waals surface area contributed by atoms with Crippen LogP contribution in [0.3, 0.4) is 0 Å². The first-order chi connectivity index (χ1) is 14.0. The molecule has 1 aliphatic rings. The number of nitrogens with one attached hydrogen (secondary N) is 1. The first kappa shape index (κ1) is 19.8. The smallest absolute Gasteiger partial charge is 0.254 e. The Morgan fingerprint density at radius 3 is 2.66 bits per heavy atom. The highest BCUT2D eigenvalue weighted by atomic mass is 35.5. The number of carbonyl (C=O) groups excluding carboxylic acids is 1. The molecule has 1 amide bonds. The second-order valence-electron chi connectivity index (χ2n) is 7.54.